The fourth-order valence-corrected chi connectivity index (χ4v) is 2.12. The van der Waals surface area contributed by atoms with Crippen LogP contribution in [0.3, 0.4) is 0 Å². The summed E-state index contributed by atoms with van der Waals surface area (Å²) in [5, 5.41) is 10.9. The highest BCUT2D eigenvalue weighted by atomic mass is 19.3. The molecular weight excluding hydrogens is 350 g/mol. The molecule has 26 heavy (non-hydrogen) atoms. The first kappa shape index (κ1) is 19.1. The summed E-state index contributed by atoms with van der Waals surface area (Å²) in [5.41, 5.74) is 0.478. The van der Waals surface area contributed by atoms with E-state index < -0.39 is 17.4 Å². The molecule has 0 aliphatic heterocycles. The number of ether oxygens (including phenoxy) is 2. The average Bonchev–Trinajstić information content (AvgIpc) is 2.61. The fraction of sp³-hybridized carbons (Fsp3) is 0.235. The van der Waals surface area contributed by atoms with E-state index in [1.807, 2.05) is 0 Å². The van der Waals surface area contributed by atoms with Gasteiger partial charge in [-0.2, -0.15) is 8.78 Å². The molecule has 2 aromatic carbocycles. The van der Waals surface area contributed by atoms with Crippen LogP contribution >= 0.6 is 0 Å². The highest BCUT2D eigenvalue weighted by Crippen LogP contribution is 2.25. The minimum Gasteiger partial charge on any atom is -0.477 e. The van der Waals surface area contributed by atoms with E-state index in [1.165, 1.54) is 42.3 Å². The first-order valence-electron chi connectivity index (χ1n) is 7.50. The van der Waals surface area contributed by atoms with Gasteiger partial charge in [0, 0.05) is 19.7 Å². The molecule has 0 aromatic heterocycles. The molecule has 138 valence electrons. The van der Waals surface area contributed by atoms with Crippen LogP contribution in [0.25, 0.3) is 0 Å². The summed E-state index contributed by atoms with van der Waals surface area (Å²) in [6.45, 7) is -3.05. The number of nitrogens with zero attached hydrogens (tertiary/aromatic N) is 2. The fourth-order valence-electron chi connectivity index (χ4n) is 2.12. The highest BCUT2D eigenvalue weighted by molar-refractivity contribution is 5.77. The second kappa shape index (κ2) is 8.75. The minimum atomic E-state index is -2.90. The molecule has 1 amide bonds. The lowest BCUT2D eigenvalue weighted by atomic mass is 10.2. The van der Waals surface area contributed by atoms with Crippen molar-refractivity contribution in [3.63, 3.8) is 0 Å². The Morgan fingerprint density at radius 2 is 1.85 bits per heavy atom. The summed E-state index contributed by atoms with van der Waals surface area (Å²) in [6, 6.07) is 11.6. The molecule has 0 spiro atoms. The maximum absolute atomic E-state index is 12.1. The highest BCUT2D eigenvalue weighted by Gasteiger charge is 2.16. The first-order chi connectivity index (χ1) is 12.4. The molecule has 0 saturated heterocycles. The Balaban J connectivity index is 1.91. The van der Waals surface area contributed by atoms with Crippen LogP contribution in [0.5, 0.6) is 11.5 Å². The van der Waals surface area contributed by atoms with Crippen LogP contribution < -0.4 is 9.47 Å². The lowest BCUT2D eigenvalue weighted by Crippen LogP contribution is -2.31. The number of para-hydroxylation sites is 2. The van der Waals surface area contributed by atoms with Crippen LogP contribution in [0, 0.1) is 10.1 Å². The summed E-state index contributed by atoms with van der Waals surface area (Å²) >= 11 is 0. The molecule has 0 bridgehead atoms. The van der Waals surface area contributed by atoms with Gasteiger partial charge in [0.25, 0.3) is 5.91 Å². The molecule has 9 heteroatoms. The van der Waals surface area contributed by atoms with E-state index in [0.717, 1.165) is 0 Å². The summed E-state index contributed by atoms with van der Waals surface area (Å²) in [6.07, 6.45) is 0. The first-order valence-corrected chi connectivity index (χ1v) is 7.50. The van der Waals surface area contributed by atoms with Crippen LogP contribution in [0.1, 0.15) is 5.56 Å². The minimum absolute atomic E-state index is 0.00718. The number of carbonyl (C=O) groups excluding carboxylic acids is 1. The van der Waals surface area contributed by atoms with E-state index in [-0.39, 0.29) is 30.3 Å². The Labute approximate surface area is 147 Å². The van der Waals surface area contributed by atoms with E-state index >= 15 is 0 Å². The van der Waals surface area contributed by atoms with Crippen molar-refractivity contribution in [2.45, 2.75) is 13.2 Å². The molecule has 0 aliphatic carbocycles. The van der Waals surface area contributed by atoms with Gasteiger partial charge in [-0.3, -0.25) is 14.9 Å². The predicted molar refractivity (Wildman–Crippen MR) is 88.1 cm³/mol. The summed E-state index contributed by atoms with van der Waals surface area (Å²) < 4.78 is 33.7. The lowest BCUT2D eigenvalue weighted by molar-refractivity contribution is -0.385. The number of carbonyl (C=O) groups is 1. The van der Waals surface area contributed by atoms with Gasteiger partial charge in [-0.15, -0.1) is 0 Å². The van der Waals surface area contributed by atoms with Crippen LogP contribution in [0.2, 0.25) is 0 Å². The largest absolute Gasteiger partial charge is 0.477 e. The summed E-state index contributed by atoms with van der Waals surface area (Å²) in [4.78, 5) is 23.8. The number of likely N-dealkylation sites (N-methyl/N-ethyl adjacent to an activating group) is 1. The van der Waals surface area contributed by atoms with Gasteiger partial charge in [-0.1, -0.05) is 24.3 Å². The van der Waals surface area contributed by atoms with E-state index in [2.05, 4.69) is 4.74 Å². The second-order valence-corrected chi connectivity index (χ2v) is 5.29. The van der Waals surface area contributed by atoms with Gasteiger partial charge >= 0.3 is 12.3 Å². The number of hydrogen-bond acceptors (Lipinski definition) is 5. The average molecular weight is 366 g/mol. The van der Waals surface area contributed by atoms with Gasteiger partial charge in [-0.25, -0.2) is 0 Å². The molecule has 0 aliphatic rings. The van der Waals surface area contributed by atoms with Crippen LogP contribution in [-0.4, -0.2) is 36.0 Å². The third-order valence-electron chi connectivity index (χ3n) is 3.41. The Bertz CT molecular complexity index is 768. The molecule has 0 fully saturated rings. The molecule has 0 radical (unpaired) electrons. The third-order valence-corrected chi connectivity index (χ3v) is 3.41. The molecule has 0 atom stereocenters. The van der Waals surface area contributed by atoms with E-state index in [4.69, 9.17) is 4.74 Å². The van der Waals surface area contributed by atoms with Crippen LogP contribution in [0.15, 0.2) is 48.5 Å². The molecule has 2 rings (SSSR count). The number of nitro benzene ring substituents is 1. The number of benzene rings is 2. The van der Waals surface area contributed by atoms with Crippen molar-refractivity contribution in [3.05, 3.63) is 64.2 Å². The quantitative estimate of drug-likeness (QED) is 0.529. The van der Waals surface area contributed by atoms with Gasteiger partial charge in [0.15, 0.2) is 12.4 Å². The normalized spacial score (nSPS) is 10.5. The van der Waals surface area contributed by atoms with Crippen molar-refractivity contribution < 1.29 is 28.0 Å². The number of amides is 1. The van der Waals surface area contributed by atoms with Crippen molar-refractivity contribution >= 4 is 11.6 Å². The summed E-state index contributed by atoms with van der Waals surface area (Å²) in [5.74, 6) is -0.360. The Morgan fingerprint density at radius 3 is 2.46 bits per heavy atom. The Morgan fingerprint density at radius 1 is 1.19 bits per heavy atom. The number of alkyl halides is 2. The van der Waals surface area contributed by atoms with Crippen LogP contribution in [-0.2, 0) is 11.3 Å². The predicted octanol–water partition coefficient (Wildman–Crippen LogP) is 3.23. The molecule has 0 N–H and O–H groups in total. The maximum atomic E-state index is 12.1. The van der Waals surface area contributed by atoms with Gasteiger partial charge in [0.2, 0.25) is 0 Å². The molecular formula is C17H16F2N2O5. The third kappa shape index (κ3) is 5.40. The van der Waals surface area contributed by atoms with Crippen molar-refractivity contribution in [3.8, 4) is 11.5 Å². The Hall–Kier alpha value is -3.23. The SMILES string of the molecule is CN(Cc1ccc(OC(F)F)cc1)C(=O)COc1ccccc1[N+](=O)[O-]. The van der Waals surface area contributed by atoms with E-state index in [1.54, 1.807) is 18.2 Å². The van der Waals surface area contributed by atoms with Gasteiger partial charge in [0.05, 0.1) is 4.92 Å². The van der Waals surface area contributed by atoms with Crippen molar-refractivity contribution in [2.75, 3.05) is 13.7 Å². The summed E-state index contributed by atoms with van der Waals surface area (Å²) in [7, 11) is 1.54. The zero-order chi connectivity index (χ0) is 19.1. The lowest BCUT2D eigenvalue weighted by Gasteiger charge is -2.18. The van der Waals surface area contributed by atoms with Crippen molar-refractivity contribution in [1.82, 2.24) is 4.90 Å². The number of nitro groups is 1. The molecule has 0 saturated carbocycles. The second-order valence-electron chi connectivity index (χ2n) is 5.29. The van der Waals surface area contributed by atoms with Gasteiger partial charge in [0.1, 0.15) is 5.75 Å². The smallest absolute Gasteiger partial charge is 0.387 e. The zero-order valence-corrected chi connectivity index (χ0v) is 13.8. The molecule has 2 aromatic rings. The number of hydrogen-bond donors (Lipinski definition) is 0. The molecule has 7 nitrogen and oxygen atoms in total. The standard InChI is InChI=1S/C17H16F2N2O5/c1-20(10-12-6-8-13(9-7-12)26-17(18)19)16(22)11-25-15-5-3-2-4-14(15)21(23)24/h2-9,17H,10-11H2,1H3. The van der Waals surface area contributed by atoms with Crippen LogP contribution in [0.4, 0.5) is 14.5 Å². The number of rotatable bonds is 8. The van der Waals surface area contributed by atoms with E-state index in [0.29, 0.717) is 5.56 Å². The van der Waals surface area contributed by atoms with Crippen molar-refractivity contribution in [1.29, 1.82) is 0 Å². The molecule has 0 unspecified atom stereocenters. The zero-order valence-electron chi connectivity index (χ0n) is 13.8. The van der Waals surface area contributed by atoms with Gasteiger partial charge < -0.3 is 14.4 Å². The topological polar surface area (TPSA) is 81.9 Å². The maximum Gasteiger partial charge on any atom is 0.387 e. The monoisotopic (exact) mass is 366 g/mol. The Kier molecular flexibility index (Phi) is 6.42. The van der Waals surface area contributed by atoms with E-state index in [9.17, 15) is 23.7 Å². The number of halogens is 2. The molecule has 0 heterocycles. The van der Waals surface area contributed by atoms with Crippen molar-refractivity contribution in [2.24, 2.45) is 0 Å². The van der Waals surface area contributed by atoms with Gasteiger partial charge in [-0.05, 0) is 23.8 Å².